The highest BCUT2D eigenvalue weighted by atomic mass is 79.9. The zero-order chi connectivity index (χ0) is 14.0. The highest BCUT2D eigenvalue weighted by Crippen LogP contribution is 2.25. The van der Waals surface area contributed by atoms with E-state index in [1.165, 1.54) is 5.69 Å². The summed E-state index contributed by atoms with van der Waals surface area (Å²) in [6, 6.07) is 0. The van der Waals surface area contributed by atoms with Crippen LogP contribution in [-0.4, -0.2) is 54.2 Å². The molecule has 19 heavy (non-hydrogen) atoms. The lowest BCUT2D eigenvalue weighted by molar-refractivity contribution is -0.00461. The van der Waals surface area contributed by atoms with Crippen LogP contribution in [0.3, 0.4) is 0 Å². The van der Waals surface area contributed by atoms with Gasteiger partial charge in [0, 0.05) is 40.9 Å². The van der Waals surface area contributed by atoms with Gasteiger partial charge in [-0.05, 0) is 22.4 Å². The van der Waals surface area contributed by atoms with Crippen molar-refractivity contribution in [3.8, 4) is 0 Å². The molecule has 1 aromatic heterocycles. The van der Waals surface area contributed by atoms with E-state index in [0.717, 1.165) is 36.2 Å². The average Bonchev–Trinajstić information content (AvgIpc) is 2.93. The van der Waals surface area contributed by atoms with E-state index in [2.05, 4.69) is 32.9 Å². The van der Waals surface area contributed by atoms with E-state index in [9.17, 15) is 0 Å². The average molecular weight is 332 g/mol. The van der Waals surface area contributed by atoms with Gasteiger partial charge in [-0.3, -0.25) is 9.58 Å². The van der Waals surface area contributed by atoms with E-state index < -0.39 is 0 Å². The number of rotatable bonds is 5. The summed E-state index contributed by atoms with van der Waals surface area (Å²) >= 11 is 3.66. The van der Waals surface area contributed by atoms with Gasteiger partial charge in [-0.25, -0.2) is 0 Å². The molecule has 1 aliphatic rings. The van der Waals surface area contributed by atoms with Crippen molar-refractivity contribution in [2.45, 2.75) is 32.1 Å². The Morgan fingerprint density at radius 1 is 1.26 bits per heavy atom. The molecule has 108 valence electrons. The van der Waals surface area contributed by atoms with E-state index >= 15 is 0 Å². The molecule has 0 saturated carbocycles. The molecule has 5 nitrogen and oxygen atoms in total. The zero-order valence-corrected chi connectivity index (χ0v) is 13.6. The highest BCUT2D eigenvalue weighted by molar-refractivity contribution is 9.10. The predicted molar refractivity (Wildman–Crippen MR) is 77.2 cm³/mol. The Bertz CT molecular complexity index is 424. The molecule has 0 aliphatic carbocycles. The van der Waals surface area contributed by atoms with Crippen molar-refractivity contribution in [3.05, 3.63) is 15.9 Å². The quantitative estimate of drug-likeness (QED) is 0.821. The first kappa shape index (κ1) is 15.0. The molecule has 0 spiro atoms. The number of hydrogen-bond acceptors (Lipinski definition) is 4. The van der Waals surface area contributed by atoms with Crippen LogP contribution < -0.4 is 0 Å². The maximum absolute atomic E-state index is 5.47. The van der Waals surface area contributed by atoms with Gasteiger partial charge in [-0.2, -0.15) is 5.10 Å². The summed E-state index contributed by atoms with van der Waals surface area (Å²) < 4.78 is 14.0. The normalized spacial score (nSPS) is 24.3. The van der Waals surface area contributed by atoms with Crippen molar-refractivity contribution in [3.63, 3.8) is 0 Å². The molecule has 2 heterocycles. The summed E-state index contributed by atoms with van der Waals surface area (Å²) in [5, 5.41) is 4.53. The molecule has 1 aliphatic heterocycles. The van der Waals surface area contributed by atoms with Crippen LogP contribution in [0.2, 0.25) is 0 Å². The molecule has 1 aromatic rings. The van der Waals surface area contributed by atoms with Crippen LogP contribution in [0.4, 0.5) is 0 Å². The molecule has 0 amide bonds. The summed E-state index contributed by atoms with van der Waals surface area (Å²) in [5.74, 6) is 0. The van der Waals surface area contributed by atoms with Crippen LogP contribution in [0.15, 0.2) is 4.47 Å². The lowest BCUT2D eigenvalue weighted by Crippen LogP contribution is -2.27. The second kappa shape index (κ2) is 6.35. The molecule has 1 fully saturated rings. The first-order valence-electron chi connectivity index (χ1n) is 6.58. The number of aromatic nitrogens is 2. The molecule has 0 aromatic carbocycles. The van der Waals surface area contributed by atoms with Crippen LogP contribution in [-0.2, 0) is 29.5 Å². The van der Waals surface area contributed by atoms with Crippen molar-refractivity contribution >= 4 is 15.9 Å². The van der Waals surface area contributed by atoms with Gasteiger partial charge < -0.3 is 9.47 Å². The number of aryl methyl sites for hydroxylation is 2. The summed E-state index contributed by atoms with van der Waals surface area (Å²) in [6.45, 7) is 4.78. The summed E-state index contributed by atoms with van der Waals surface area (Å²) in [5.41, 5.74) is 2.33. The maximum Gasteiger partial charge on any atom is 0.0971 e. The minimum atomic E-state index is 0.155. The number of likely N-dealkylation sites (tertiary alicyclic amines) is 1. The van der Waals surface area contributed by atoms with Gasteiger partial charge >= 0.3 is 0 Å². The van der Waals surface area contributed by atoms with Crippen molar-refractivity contribution in [2.24, 2.45) is 7.05 Å². The topological polar surface area (TPSA) is 39.5 Å². The van der Waals surface area contributed by atoms with Crippen LogP contribution in [0.5, 0.6) is 0 Å². The van der Waals surface area contributed by atoms with Gasteiger partial charge in [0.25, 0.3) is 0 Å². The number of methoxy groups -OCH3 is 2. The fourth-order valence-corrected chi connectivity index (χ4v) is 3.35. The van der Waals surface area contributed by atoms with E-state index in [1.807, 2.05) is 11.7 Å². The second-order valence-corrected chi connectivity index (χ2v) is 5.72. The number of ether oxygens (including phenoxy) is 2. The number of nitrogens with zero attached hydrogens (tertiary/aromatic N) is 3. The van der Waals surface area contributed by atoms with Crippen molar-refractivity contribution in [2.75, 3.05) is 27.3 Å². The Labute approximate surface area is 123 Å². The Morgan fingerprint density at radius 2 is 1.84 bits per heavy atom. The highest BCUT2D eigenvalue weighted by Gasteiger charge is 2.33. The van der Waals surface area contributed by atoms with Crippen molar-refractivity contribution in [1.29, 1.82) is 0 Å². The number of halogens is 1. The minimum Gasteiger partial charge on any atom is -0.377 e. The predicted octanol–water partition coefficient (Wildman–Crippen LogP) is 1.59. The standard InChI is InChI=1S/C13H22BrN3O2/c1-5-9-13(14)10(16(2)15-9)6-17-7-11(18-3)12(8-17)19-4/h11-12H,5-8H2,1-4H3. The fraction of sp³-hybridized carbons (Fsp3) is 0.769. The molecule has 6 heteroatoms. The molecule has 0 N–H and O–H groups in total. The Morgan fingerprint density at radius 3 is 2.26 bits per heavy atom. The van der Waals surface area contributed by atoms with Crippen molar-refractivity contribution < 1.29 is 9.47 Å². The van der Waals surface area contributed by atoms with E-state index in [1.54, 1.807) is 14.2 Å². The first-order chi connectivity index (χ1) is 9.10. The third kappa shape index (κ3) is 3.02. The molecule has 0 radical (unpaired) electrons. The lowest BCUT2D eigenvalue weighted by Gasteiger charge is -2.15. The van der Waals surface area contributed by atoms with E-state index in [0.29, 0.717) is 0 Å². The summed E-state index contributed by atoms with van der Waals surface area (Å²) in [6.07, 6.45) is 1.25. The van der Waals surface area contributed by atoms with Crippen LogP contribution in [0.1, 0.15) is 18.3 Å². The van der Waals surface area contributed by atoms with E-state index in [4.69, 9.17) is 9.47 Å². The third-order valence-electron chi connectivity index (χ3n) is 3.77. The summed E-state index contributed by atoms with van der Waals surface area (Å²) in [7, 11) is 5.49. The molecule has 2 unspecified atom stereocenters. The largest absolute Gasteiger partial charge is 0.377 e. The minimum absolute atomic E-state index is 0.155. The van der Waals surface area contributed by atoms with Crippen molar-refractivity contribution in [1.82, 2.24) is 14.7 Å². The smallest absolute Gasteiger partial charge is 0.0971 e. The monoisotopic (exact) mass is 331 g/mol. The Hall–Kier alpha value is -0.430. The molecule has 1 saturated heterocycles. The molecular weight excluding hydrogens is 310 g/mol. The van der Waals surface area contributed by atoms with Crippen LogP contribution in [0.25, 0.3) is 0 Å². The van der Waals surface area contributed by atoms with Gasteiger partial charge in [-0.1, -0.05) is 6.92 Å². The van der Waals surface area contributed by atoms with Gasteiger partial charge in [0.05, 0.1) is 28.1 Å². The summed E-state index contributed by atoms with van der Waals surface area (Å²) in [4.78, 5) is 2.35. The van der Waals surface area contributed by atoms with E-state index in [-0.39, 0.29) is 12.2 Å². The molecular formula is C13H22BrN3O2. The Balaban J connectivity index is 2.08. The molecule has 2 atom stereocenters. The molecule has 2 rings (SSSR count). The molecule has 0 bridgehead atoms. The SMILES string of the molecule is CCc1nn(C)c(CN2CC(OC)C(OC)C2)c1Br. The van der Waals surface area contributed by atoms with Crippen LogP contribution >= 0.6 is 15.9 Å². The van der Waals surface area contributed by atoms with Gasteiger partial charge in [0.1, 0.15) is 0 Å². The van der Waals surface area contributed by atoms with Crippen LogP contribution in [0, 0.1) is 0 Å². The van der Waals surface area contributed by atoms with Gasteiger partial charge in [-0.15, -0.1) is 0 Å². The third-order valence-corrected chi connectivity index (χ3v) is 4.69. The second-order valence-electron chi connectivity index (χ2n) is 4.93. The zero-order valence-electron chi connectivity index (χ0n) is 12.0. The fourth-order valence-electron chi connectivity index (χ4n) is 2.60. The lowest BCUT2D eigenvalue weighted by atomic mass is 10.3. The number of hydrogen-bond donors (Lipinski definition) is 0. The van der Waals surface area contributed by atoms with Gasteiger partial charge in [0.15, 0.2) is 0 Å². The first-order valence-corrected chi connectivity index (χ1v) is 7.38. The Kier molecular flexibility index (Phi) is 5.00. The maximum atomic E-state index is 5.47. The van der Waals surface area contributed by atoms with Gasteiger partial charge in [0.2, 0.25) is 0 Å².